The number of hydrogen-bond acceptors (Lipinski definition) is 3. The highest BCUT2D eigenvalue weighted by Crippen LogP contribution is 2.38. The van der Waals surface area contributed by atoms with E-state index in [9.17, 15) is 0 Å². The highest BCUT2D eigenvalue weighted by atomic mass is 16.5. The Kier molecular flexibility index (Phi) is 4.14. The first-order valence-electron chi connectivity index (χ1n) is 7.73. The summed E-state index contributed by atoms with van der Waals surface area (Å²) < 4.78 is 7.55. The molecule has 0 aliphatic carbocycles. The van der Waals surface area contributed by atoms with Gasteiger partial charge in [0, 0.05) is 44.9 Å². The van der Waals surface area contributed by atoms with Gasteiger partial charge in [-0.1, -0.05) is 0 Å². The number of rotatable bonds is 3. The van der Waals surface area contributed by atoms with Crippen LogP contribution >= 0.6 is 0 Å². The van der Waals surface area contributed by atoms with Crippen LogP contribution in [0, 0.1) is 12.3 Å². The van der Waals surface area contributed by atoms with Gasteiger partial charge in [-0.2, -0.15) is 5.10 Å². The van der Waals surface area contributed by atoms with Gasteiger partial charge in [0.1, 0.15) is 0 Å². The zero-order valence-corrected chi connectivity index (χ0v) is 13.0. The second-order valence-electron chi connectivity index (χ2n) is 6.23. The van der Waals surface area contributed by atoms with Gasteiger partial charge in [0.2, 0.25) is 0 Å². The minimum Gasteiger partial charge on any atom is -0.381 e. The number of ether oxygens (including phenoxy) is 1. The summed E-state index contributed by atoms with van der Waals surface area (Å²) in [4.78, 5) is 6.79. The second-order valence-corrected chi connectivity index (χ2v) is 6.23. The second kappa shape index (κ2) is 6.05. The number of guanidine groups is 1. The van der Waals surface area contributed by atoms with Crippen LogP contribution in [0.1, 0.15) is 18.4 Å². The lowest BCUT2D eigenvalue weighted by Crippen LogP contribution is -2.42. The van der Waals surface area contributed by atoms with E-state index in [0.717, 1.165) is 45.4 Å². The minimum absolute atomic E-state index is 0.372. The van der Waals surface area contributed by atoms with Gasteiger partial charge in [0.25, 0.3) is 0 Å². The van der Waals surface area contributed by atoms with Crippen molar-refractivity contribution in [2.24, 2.45) is 10.4 Å². The average Bonchev–Trinajstić information content (AvgIpc) is 3.19. The van der Waals surface area contributed by atoms with Crippen LogP contribution < -0.4 is 5.32 Å². The summed E-state index contributed by atoms with van der Waals surface area (Å²) in [5.74, 6) is 1.00. The van der Waals surface area contributed by atoms with Crippen molar-refractivity contribution in [2.75, 3.05) is 39.9 Å². The summed E-state index contributed by atoms with van der Waals surface area (Å²) in [6, 6.07) is 0. The topological polar surface area (TPSA) is 54.7 Å². The van der Waals surface area contributed by atoms with Crippen molar-refractivity contribution in [3.8, 4) is 0 Å². The summed E-state index contributed by atoms with van der Waals surface area (Å²) in [6.07, 6.45) is 6.35. The maximum absolute atomic E-state index is 5.59. The van der Waals surface area contributed by atoms with Crippen LogP contribution in [-0.4, -0.2) is 60.5 Å². The fraction of sp³-hybridized carbons (Fsp3) is 0.733. The molecular formula is C15H25N5O. The molecule has 1 aromatic rings. The molecule has 2 aliphatic heterocycles. The first kappa shape index (κ1) is 14.4. The van der Waals surface area contributed by atoms with Crippen molar-refractivity contribution in [2.45, 2.75) is 26.3 Å². The molecular weight excluding hydrogens is 266 g/mol. The lowest BCUT2D eigenvalue weighted by Gasteiger charge is -2.24. The van der Waals surface area contributed by atoms with E-state index in [1.807, 2.05) is 17.9 Å². The van der Waals surface area contributed by atoms with E-state index in [0.29, 0.717) is 5.41 Å². The molecule has 21 heavy (non-hydrogen) atoms. The van der Waals surface area contributed by atoms with Crippen molar-refractivity contribution in [1.82, 2.24) is 20.0 Å². The van der Waals surface area contributed by atoms with Crippen molar-refractivity contribution in [1.29, 1.82) is 0 Å². The van der Waals surface area contributed by atoms with Crippen LogP contribution in [0.2, 0.25) is 0 Å². The number of nitrogens with one attached hydrogen (secondary N) is 1. The van der Waals surface area contributed by atoms with E-state index in [4.69, 9.17) is 4.74 Å². The van der Waals surface area contributed by atoms with E-state index < -0.39 is 0 Å². The summed E-state index contributed by atoms with van der Waals surface area (Å²) in [7, 11) is 1.86. The van der Waals surface area contributed by atoms with Gasteiger partial charge in [-0.3, -0.25) is 9.67 Å². The molecule has 0 amide bonds. The van der Waals surface area contributed by atoms with Crippen LogP contribution in [0.3, 0.4) is 0 Å². The first-order valence-corrected chi connectivity index (χ1v) is 7.73. The molecule has 2 fully saturated rings. The smallest absolute Gasteiger partial charge is 0.193 e. The first-order chi connectivity index (χ1) is 10.2. The van der Waals surface area contributed by atoms with E-state index in [1.54, 1.807) is 0 Å². The Morgan fingerprint density at radius 2 is 2.43 bits per heavy atom. The fourth-order valence-electron chi connectivity index (χ4n) is 3.29. The molecule has 6 nitrogen and oxygen atoms in total. The molecule has 0 radical (unpaired) electrons. The highest BCUT2D eigenvalue weighted by Gasteiger charge is 2.42. The van der Waals surface area contributed by atoms with Crippen molar-refractivity contribution in [3.05, 3.63) is 18.0 Å². The summed E-state index contributed by atoms with van der Waals surface area (Å²) >= 11 is 0. The summed E-state index contributed by atoms with van der Waals surface area (Å²) in [6.45, 7) is 7.72. The number of aliphatic imine (C=N–C) groups is 1. The van der Waals surface area contributed by atoms with Gasteiger partial charge in [0.15, 0.2) is 5.96 Å². The van der Waals surface area contributed by atoms with Gasteiger partial charge in [-0.25, -0.2) is 0 Å². The van der Waals surface area contributed by atoms with Crippen LogP contribution in [0.25, 0.3) is 0 Å². The predicted octanol–water partition coefficient (Wildman–Crippen LogP) is 0.879. The molecule has 3 heterocycles. The Morgan fingerprint density at radius 1 is 1.52 bits per heavy atom. The molecule has 2 aliphatic rings. The molecule has 1 spiro atoms. The number of likely N-dealkylation sites (tertiary alicyclic amines) is 1. The number of hydrogen-bond donors (Lipinski definition) is 1. The van der Waals surface area contributed by atoms with E-state index >= 15 is 0 Å². The summed E-state index contributed by atoms with van der Waals surface area (Å²) in [5, 5.41) is 7.75. The Bertz CT molecular complexity index is 504. The third kappa shape index (κ3) is 3.20. The molecule has 2 saturated heterocycles. The molecule has 0 bridgehead atoms. The molecule has 0 saturated carbocycles. The SMILES string of the molecule is CN=C(NCCn1cc(C)cn1)N1CCC2(CCOC2)C1. The number of nitrogens with zero attached hydrogens (tertiary/aromatic N) is 4. The van der Waals surface area contributed by atoms with Crippen LogP contribution in [0.5, 0.6) is 0 Å². The third-order valence-electron chi connectivity index (χ3n) is 4.52. The molecule has 1 atom stereocenters. The maximum atomic E-state index is 5.59. The Labute approximate surface area is 126 Å². The maximum Gasteiger partial charge on any atom is 0.193 e. The standard InChI is InChI=1S/C15H25N5O/c1-13-9-18-20(10-13)7-5-17-14(16-2)19-6-3-15(11-19)4-8-21-12-15/h9-10H,3-8,11-12H2,1-2H3,(H,16,17). The molecule has 1 aromatic heterocycles. The van der Waals surface area contributed by atoms with Gasteiger partial charge in [-0.15, -0.1) is 0 Å². The Hall–Kier alpha value is -1.56. The van der Waals surface area contributed by atoms with Gasteiger partial charge >= 0.3 is 0 Å². The largest absolute Gasteiger partial charge is 0.381 e. The fourth-order valence-corrected chi connectivity index (χ4v) is 3.29. The van der Waals surface area contributed by atoms with Crippen molar-refractivity contribution < 1.29 is 4.74 Å². The molecule has 1 N–H and O–H groups in total. The van der Waals surface area contributed by atoms with Crippen molar-refractivity contribution in [3.63, 3.8) is 0 Å². The molecule has 1 unspecified atom stereocenters. The zero-order chi connectivity index (χ0) is 14.7. The number of aromatic nitrogens is 2. The lowest BCUT2D eigenvalue weighted by molar-refractivity contribution is 0.156. The lowest BCUT2D eigenvalue weighted by atomic mass is 9.87. The number of aryl methyl sites for hydroxylation is 1. The normalized spacial score (nSPS) is 26.0. The van der Waals surface area contributed by atoms with Crippen molar-refractivity contribution >= 4 is 5.96 Å². The Balaban J connectivity index is 1.49. The third-order valence-corrected chi connectivity index (χ3v) is 4.52. The monoisotopic (exact) mass is 291 g/mol. The molecule has 3 rings (SSSR count). The van der Waals surface area contributed by atoms with Gasteiger partial charge in [-0.05, 0) is 25.3 Å². The quantitative estimate of drug-likeness (QED) is 0.663. The van der Waals surface area contributed by atoms with E-state index in [2.05, 4.69) is 33.4 Å². The van der Waals surface area contributed by atoms with Gasteiger partial charge < -0.3 is 15.0 Å². The average molecular weight is 291 g/mol. The summed E-state index contributed by atoms with van der Waals surface area (Å²) in [5.41, 5.74) is 1.57. The molecule has 0 aromatic carbocycles. The van der Waals surface area contributed by atoms with Crippen LogP contribution in [0.15, 0.2) is 17.4 Å². The predicted molar refractivity (Wildman–Crippen MR) is 82.4 cm³/mol. The zero-order valence-electron chi connectivity index (χ0n) is 13.0. The van der Waals surface area contributed by atoms with E-state index in [1.165, 1.54) is 18.4 Å². The Morgan fingerprint density at radius 3 is 3.10 bits per heavy atom. The highest BCUT2D eigenvalue weighted by molar-refractivity contribution is 5.80. The van der Waals surface area contributed by atoms with Crippen LogP contribution in [0.4, 0.5) is 0 Å². The molecule has 116 valence electrons. The van der Waals surface area contributed by atoms with Crippen LogP contribution in [-0.2, 0) is 11.3 Å². The van der Waals surface area contributed by atoms with Gasteiger partial charge in [0.05, 0.1) is 19.3 Å². The molecule has 6 heteroatoms. The minimum atomic E-state index is 0.372. The van der Waals surface area contributed by atoms with E-state index in [-0.39, 0.29) is 0 Å².